The van der Waals surface area contributed by atoms with E-state index in [9.17, 15) is 8.42 Å². The number of unbranched alkanes of at least 4 members (excludes halogenated alkanes) is 1. The SMILES string of the molecule is CCNCCCCS(=O)(=O)NCC(C)N(C)C1CC1. The van der Waals surface area contributed by atoms with Gasteiger partial charge >= 0.3 is 0 Å². The molecule has 0 aliphatic heterocycles. The van der Waals surface area contributed by atoms with Crippen molar-refractivity contribution >= 4 is 10.0 Å². The minimum atomic E-state index is -3.11. The van der Waals surface area contributed by atoms with E-state index < -0.39 is 10.0 Å². The summed E-state index contributed by atoms with van der Waals surface area (Å²) in [5, 5.41) is 3.20. The number of sulfonamides is 1. The van der Waals surface area contributed by atoms with Gasteiger partial charge in [0.1, 0.15) is 0 Å². The molecule has 114 valence electrons. The number of nitrogens with zero attached hydrogens (tertiary/aromatic N) is 1. The molecule has 6 heteroatoms. The molecule has 2 N–H and O–H groups in total. The van der Waals surface area contributed by atoms with Gasteiger partial charge in [0.25, 0.3) is 0 Å². The Balaban J connectivity index is 2.14. The Kier molecular flexibility index (Phi) is 7.28. The predicted molar refractivity (Wildman–Crippen MR) is 79.8 cm³/mol. The summed E-state index contributed by atoms with van der Waals surface area (Å²) < 4.78 is 26.4. The molecule has 1 aliphatic carbocycles. The lowest BCUT2D eigenvalue weighted by Crippen LogP contribution is -2.41. The molecule has 1 aliphatic rings. The Morgan fingerprint density at radius 2 is 2.00 bits per heavy atom. The predicted octanol–water partition coefficient (Wildman–Crippen LogP) is 0.778. The monoisotopic (exact) mass is 291 g/mol. The Morgan fingerprint density at radius 1 is 1.32 bits per heavy atom. The molecule has 19 heavy (non-hydrogen) atoms. The first-order valence-corrected chi connectivity index (χ1v) is 9.01. The maximum Gasteiger partial charge on any atom is 0.211 e. The van der Waals surface area contributed by atoms with Crippen LogP contribution in [0, 0.1) is 0 Å². The molecule has 0 aromatic heterocycles. The lowest BCUT2D eigenvalue weighted by molar-refractivity contribution is 0.248. The number of nitrogens with one attached hydrogen (secondary N) is 2. The molecule has 0 spiro atoms. The third kappa shape index (κ3) is 7.25. The van der Waals surface area contributed by atoms with Crippen molar-refractivity contribution in [1.29, 1.82) is 0 Å². The van der Waals surface area contributed by atoms with E-state index in [2.05, 4.69) is 35.8 Å². The van der Waals surface area contributed by atoms with Gasteiger partial charge in [-0.1, -0.05) is 6.92 Å². The van der Waals surface area contributed by atoms with Gasteiger partial charge in [0.15, 0.2) is 0 Å². The van der Waals surface area contributed by atoms with Crippen LogP contribution in [0.5, 0.6) is 0 Å². The molecule has 0 bridgehead atoms. The fraction of sp³-hybridized carbons (Fsp3) is 1.00. The van der Waals surface area contributed by atoms with E-state index in [1.165, 1.54) is 12.8 Å². The Bertz CT molecular complexity index is 342. The van der Waals surface area contributed by atoms with Crippen LogP contribution in [-0.4, -0.2) is 57.8 Å². The molecule has 1 unspecified atom stereocenters. The van der Waals surface area contributed by atoms with Gasteiger partial charge in [-0.25, -0.2) is 13.1 Å². The highest BCUT2D eigenvalue weighted by Crippen LogP contribution is 2.26. The largest absolute Gasteiger partial charge is 0.317 e. The zero-order valence-electron chi connectivity index (χ0n) is 12.5. The van der Waals surface area contributed by atoms with Crippen LogP contribution in [0.25, 0.3) is 0 Å². The molecule has 1 saturated carbocycles. The van der Waals surface area contributed by atoms with Crippen LogP contribution in [0.2, 0.25) is 0 Å². The first-order chi connectivity index (χ1) is 8.96. The Labute approximate surface area is 118 Å². The third-order valence-electron chi connectivity index (χ3n) is 3.68. The van der Waals surface area contributed by atoms with E-state index in [1.54, 1.807) is 0 Å². The molecule has 0 radical (unpaired) electrons. The Hall–Kier alpha value is -0.170. The molecule has 0 amide bonds. The normalized spacial score (nSPS) is 17.9. The van der Waals surface area contributed by atoms with Crippen molar-refractivity contribution in [2.75, 3.05) is 32.4 Å². The third-order valence-corrected chi connectivity index (χ3v) is 5.12. The highest BCUT2D eigenvalue weighted by atomic mass is 32.2. The summed E-state index contributed by atoms with van der Waals surface area (Å²) >= 11 is 0. The van der Waals surface area contributed by atoms with E-state index in [1.807, 2.05) is 0 Å². The maximum atomic E-state index is 11.8. The van der Waals surface area contributed by atoms with Crippen LogP contribution < -0.4 is 10.0 Å². The molecule has 0 aromatic carbocycles. The fourth-order valence-electron chi connectivity index (χ4n) is 2.02. The van der Waals surface area contributed by atoms with Gasteiger partial charge in [0.2, 0.25) is 10.0 Å². The van der Waals surface area contributed by atoms with Crippen LogP contribution in [0.15, 0.2) is 0 Å². The minimum absolute atomic E-state index is 0.234. The lowest BCUT2D eigenvalue weighted by atomic mass is 10.3. The highest BCUT2D eigenvalue weighted by molar-refractivity contribution is 7.89. The van der Waals surface area contributed by atoms with Crippen molar-refractivity contribution in [3.63, 3.8) is 0 Å². The van der Waals surface area contributed by atoms with Crippen molar-refractivity contribution < 1.29 is 8.42 Å². The van der Waals surface area contributed by atoms with Crippen molar-refractivity contribution in [3.8, 4) is 0 Å². The minimum Gasteiger partial charge on any atom is -0.317 e. The van der Waals surface area contributed by atoms with Crippen LogP contribution in [0.3, 0.4) is 0 Å². The molecule has 0 saturated heterocycles. The van der Waals surface area contributed by atoms with Crippen LogP contribution in [-0.2, 0) is 10.0 Å². The van der Waals surface area contributed by atoms with Crippen LogP contribution in [0.4, 0.5) is 0 Å². The number of hydrogen-bond donors (Lipinski definition) is 2. The van der Waals surface area contributed by atoms with Gasteiger partial charge < -0.3 is 5.32 Å². The fourth-order valence-corrected chi connectivity index (χ4v) is 3.25. The molecule has 1 fully saturated rings. The average molecular weight is 291 g/mol. The molecule has 1 atom stereocenters. The number of hydrogen-bond acceptors (Lipinski definition) is 4. The van der Waals surface area contributed by atoms with Gasteiger partial charge in [-0.15, -0.1) is 0 Å². The standard InChI is InChI=1S/C13H29N3O2S/c1-4-14-9-5-6-10-19(17,18)15-11-12(2)16(3)13-7-8-13/h12-15H,4-11H2,1-3H3. The van der Waals surface area contributed by atoms with Gasteiger partial charge in [-0.05, 0) is 52.7 Å². The maximum absolute atomic E-state index is 11.8. The molecule has 0 heterocycles. The zero-order valence-corrected chi connectivity index (χ0v) is 13.3. The van der Waals surface area contributed by atoms with Crippen molar-refractivity contribution in [2.24, 2.45) is 0 Å². The number of rotatable bonds is 11. The summed E-state index contributed by atoms with van der Waals surface area (Å²) in [6.45, 7) is 6.48. The summed E-state index contributed by atoms with van der Waals surface area (Å²) in [6, 6.07) is 0.934. The quantitative estimate of drug-likeness (QED) is 0.552. The van der Waals surface area contributed by atoms with Crippen LogP contribution >= 0.6 is 0 Å². The van der Waals surface area contributed by atoms with E-state index in [0.717, 1.165) is 25.9 Å². The lowest BCUT2D eigenvalue weighted by Gasteiger charge is -2.24. The first-order valence-electron chi connectivity index (χ1n) is 7.36. The highest BCUT2D eigenvalue weighted by Gasteiger charge is 2.29. The zero-order chi connectivity index (χ0) is 14.3. The summed E-state index contributed by atoms with van der Waals surface area (Å²) in [4.78, 5) is 2.27. The van der Waals surface area contributed by atoms with Gasteiger partial charge in [0.05, 0.1) is 5.75 Å². The van der Waals surface area contributed by atoms with Crippen molar-refractivity contribution in [3.05, 3.63) is 0 Å². The van der Waals surface area contributed by atoms with Gasteiger partial charge in [-0.2, -0.15) is 0 Å². The van der Waals surface area contributed by atoms with Crippen molar-refractivity contribution in [2.45, 2.75) is 51.6 Å². The molecule has 0 aromatic rings. The molecule has 5 nitrogen and oxygen atoms in total. The van der Waals surface area contributed by atoms with Gasteiger partial charge in [0, 0.05) is 18.6 Å². The number of likely N-dealkylation sites (N-methyl/N-ethyl adjacent to an activating group) is 1. The van der Waals surface area contributed by atoms with Crippen LogP contribution in [0.1, 0.15) is 39.5 Å². The van der Waals surface area contributed by atoms with E-state index in [0.29, 0.717) is 12.6 Å². The van der Waals surface area contributed by atoms with E-state index in [-0.39, 0.29) is 11.8 Å². The summed E-state index contributed by atoms with van der Waals surface area (Å²) in [7, 11) is -1.03. The van der Waals surface area contributed by atoms with E-state index in [4.69, 9.17) is 0 Å². The first kappa shape index (κ1) is 16.9. The molecule has 1 rings (SSSR count). The van der Waals surface area contributed by atoms with Crippen molar-refractivity contribution in [1.82, 2.24) is 14.9 Å². The second-order valence-electron chi connectivity index (χ2n) is 5.47. The van der Waals surface area contributed by atoms with Gasteiger partial charge in [-0.3, -0.25) is 4.90 Å². The Morgan fingerprint density at radius 3 is 2.58 bits per heavy atom. The van der Waals surface area contributed by atoms with E-state index >= 15 is 0 Å². The summed E-state index contributed by atoms with van der Waals surface area (Å²) in [5.74, 6) is 0.234. The average Bonchev–Trinajstić information content (AvgIpc) is 3.19. The molecular weight excluding hydrogens is 262 g/mol. The topological polar surface area (TPSA) is 61.4 Å². The summed E-state index contributed by atoms with van der Waals surface area (Å²) in [5.41, 5.74) is 0. The second-order valence-corrected chi connectivity index (χ2v) is 7.40. The molecular formula is C13H29N3O2S. The smallest absolute Gasteiger partial charge is 0.211 e. The second kappa shape index (κ2) is 8.19. The summed E-state index contributed by atoms with van der Waals surface area (Å²) in [6.07, 6.45) is 4.12.